The van der Waals surface area contributed by atoms with Crippen molar-refractivity contribution in [3.05, 3.63) is 29.8 Å². The van der Waals surface area contributed by atoms with Crippen LogP contribution in [0, 0.1) is 0 Å². The van der Waals surface area contributed by atoms with Gasteiger partial charge < -0.3 is 10.6 Å². The van der Waals surface area contributed by atoms with Crippen LogP contribution >= 0.6 is 0 Å². The maximum Gasteiger partial charge on any atom is 0.0340 e. The van der Waals surface area contributed by atoms with Gasteiger partial charge in [-0.25, -0.2) is 0 Å². The molecule has 2 N–H and O–H groups in total. The predicted molar refractivity (Wildman–Crippen MR) is 57.6 cm³/mol. The van der Waals surface area contributed by atoms with Crippen molar-refractivity contribution < 1.29 is 0 Å². The van der Waals surface area contributed by atoms with E-state index in [1.54, 1.807) is 0 Å². The zero-order valence-electron chi connectivity index (χ0n) is 8.62. The third-order valence-electron chi connectivity index (χ3n) is 2.31. The summed E-state index contributed by atoms with van der Waals surface area (Å²) in [7, 11) is 4.19. The van der Waals surface area contributed by atoms with Crippen molar-refractivity contribution in [2.75, 3.05) is 19.8 Å². The lowest BCUT2D eigenvalue weighted by Crippen LogP contribution is -2.19. The zero-order chi connectivity index (χ0) is 9.84. The Morgan fingerprint density at radius 3 is 2.54 bits per heavy atom. The summed E-state index contributed by atoms with van der Waals surface area (Å²) in [4.78, 5) is 2.22. The van der Waals surface area contributed by atoms with Gasteiger partial charge in [0.05, 0.1) is 0 Å². The largest absolute Gasteiger partial charge is 0.399 e. The van der Waals surface area contributed by atoms with E-state index >= 15 is 0 Å². The average Bonchev–Trinajstić information content (AvgIpc) is 2.04. The van der Waals surface area contributed by atoms with E-state index in [0.717, 1.165) is 12.1 Å². The van der Waals surface area contributed by atoms with Crippen LogP contribution in [0.15, 0.2) is 24.3 Å². The number of nitrogens with zero attached hydrogens (tertiary/aromatic N) is 1. The van der Waals surface area contributed by atoms with Crippen LogP contribution in [0.25, 0.3) is 0 Å². The summed E-state index contributed by atoms with van der Waals surface area (Å²) in [6.07, 6.45) is 1.11. The number of anilines is 1. The molecule has 0 aromatic heterocycles. The highest BCUT2D eigenvalue weighted by molar-refractivity contribution is 5.41. The molecular formula is C11H18N2. The van der Waals surface area contributed by atoms with Crippen LogP contribution in [-0.2, 0) is 0 Å². The van der Waals surface area contributed by atoms with Crippen molar-refractivity contribution in [1.29, 1.82) is 0 Å². The van der Waals surface area contributed by atoms with E-state index in [9.17, 15) is 0 Å². The molecular weight excluding hydrogens is 160 g/mol. The van der Waals surface area contributed by atoms with Crippen LogP contribution in [0.1, 0.15) is 24.9 Å². The van der Waals surface area contributed by atoms with Crippen molar-refractivity contribution in [2.24, 2.45) is 0 Å². The number of rotatable bonds is 3. The molecule has 72 valence electrons. The van der Waals surface area contributed by atoms with Crippen LogP contribution < -0.4 is 5.73 Å². The quantitative estimate of drug-likeness (QED) is 0.719. The second kappa shape index (κ2) is 4.28. The van der Waals surface area contributed by atoms with Crippen LogP contribution in [0.5, 0.6) is 0 Å². The lowest BCUT2D eigenvalue weighted by molar-refractivity contribution is 0.292. The third kappa shape index (κ3) is 2.46. The van der Waals surface area contributed by atoms with Gasteiger partial charge in [-0.1, -0.05) is 19.1 Å². The number of nitrogen functional groups attached to an aromatic ring is 1. The van der Waals surface area contributed by atoms with Gasteiger partial charge in [-0.05, 0) is 38.2 Å². The van der Waals surface area contributed by atoms with Gasteiger partial charge in [-0.3, -0.25) is 0 Å². The topological polar surface area (TPSA) is 29.3 Å². The van der Waals surface area contributed by atoms with Crippen molar-refractivity contribution in [3.8, 4) is 0 Å². The normalized spacial score (nSPS) is 13.2. The van der Waals surface area contributed by atoms with Gasteiger partial charge >= 0.3 is 0 Å². The van der Waals surface area contributed by atoms with Gasteiger partial charge in [-0.15, -0.1) is 0 Å². The molecule has 0 bridgehead atoms. The first-order valence-electron chi connectivity index (χ1n) is 4.67. The Morgan fingerprint density at radius 2 is 2.08 bits per heavy atom. The summed E-state index contributed by atoms with van der Waals surface area (Å²) in [5, 5.41) is 0. The Labute approximate surface area is 80.4 Å². The molecule has 0 heterocycles. The van der Waals surface area contributed by atoms with E-state index in [1.807, 2.05) is 18.2 Å². The van der Waals surface area contributed by atoms with Crippen LogP contribution in [0.4, 0.5) is 5.69 Å². The molecule has 0 radical (unpaired) electrons. The standard InChI is InChI=1S/C11H18N2/c1-4-11(13(2)3)9-6-5-7-10(12)8-9/h5-8,11H,4,12H2,1-3H3. The summed E-state index contributed by atoms with van der Waals surface area (Å²) >= 11 is 0. The first kappa shape index (κ1) is 10.1. The fourth-order valence-corrected chi connectivity index (χ4v) is 1.67. The first-order valence-corrected chi connectivity index (χ1v) is 4.67. The summed E-state index contributed by atoms with van der Waals surface area (Å²) < 4.78 is 0. The molecule has 2 nitrogen and oxygen atoms in total. The fraction of sp³-hybridized carbons (Fsp3) is 0.455. The van der Waals surface area contributed by atoms with E-state index < -0.39 is 0 Å². The number of nitrogens with two attached hydrogens (primary N) is 1. The molecule has 0 spiro atoms. The van der Waals surface area contributed by atoms with Gasteiger partial charge in [0, 0.05) is 11.7 Å². The predicted octanol–water partition coefficient (Wildman–Crippen LogP) is 2.28. The van der Waals surface area contributed by atoms with E-state index in [0.29, 0.717) is 6.04 Å². The molecule has 1 atom stereocenters. The van der Waals surface area contributed by atoms with E-state index in [-0.39, 0.29) is 0 Å². The molecule has 0 aliphatic carbocycles. The molecule has 0 aliphatic heterocycles. The van der Waals surface area contributed by atoms with E-state index in [1.165, 1.54) is 5.56 Å². The highest BCUT2D eigenvalue weighted by Gasteiger charge is 2.10. The third-order valence-corrected chi connectivity index (χ3v) is 2.31. The molecule has 0 fully saturated rings. The van der Waals surface area contributed by atoms with Crippen molar-refractivity contribution >= 4 is 5.69 Å². The molecule has 1 rings (SSSR count). The van der Waals surface area contributed by atoms with Crippen LogP contribution in [0.3, 0.4) is 0 Å². The van der Waals surface area contributed by atoms with Crippen molar-refractivity contribution in [1.82, 2.24) is 4.90 Å². The Morgan fingerprint density at radius 1 is 1.38 bits per heavy atom. The fourth-order valence-electron chi connectivity index (χ4n) is 1.67. The van der Waals surface area contributed by atoms with Crippen molar-refractivity contribution in [2.45, 2.75) is 19.4 Å². The Kier molecular flexibility index (Phi) is 3.32. The highest BCUT2D eigenvalue weighted by Crippen LogP contribution is 2.22. The SMILES string of the molecule is CCC(c1cccc(N)c1)N(C)C. The molecule has 2 heteroatoms. The van der Waals surface area contributed by atoms with Crippen LogP contribution in [0.2, 0.25) is 0 Å². The molecule has 13 heavy (non-hydrogen) atoms. The molecule has 1 aromatic carbocycles. The minimum Gasteiger partial charge on any atom is -0.399 e. The lowest BCUT2D eigenvalue weighted by Gasteiger charge is -2.23. The Bertz CT molecular complexity index is 269. The molecule has 0 aliphatic rings. The number of hydrogen-bond donors (Lipinski definition) is 1. The molecule has 0 saturated carbocycles. The lowest BCUT2D eigenvalue weighted by atomic mass is 10.0. The van der Waals surface area contributed by atoms with Gasteiger partial charge in [0.2, 0.25) is 0 Å². The van der Waals surface area contributed by atoms with Gasteiger partial charge in [0.25, 0.3) is 0 Å². The zero-order valence-corrected chi connectivity index (χ0v) is 8.62. The number of hydrogen-bond acceptors (Lipinski definition) is 2. The van der Waals surface area contributed by atoms with E-state index in [2.05, 4.69) is 32.0 Å². The van der Waals surface area contributed by atoms with Gasteiger partial charge in [-0.2, -0.15) is 0 Å². The number of benzene rings is 1. The maximum absolute atomic E-state index is 5.73. The summed E-state index contributed by atoms with van der Waals surface area (Å²) in [6.45, 7) is 2.19. The maximum atomic E-state index is 5.73. The summed E-state index contributed by atoms with van der Waals surface area (Å²) in [6, 6.07) is 8.59. The molecule has 0 amide bonds. The van der Waals surface area contributed by atoms with Gasteiger partial charge in [0.1, 0.15) is 0 Å². The molecule has 0 saturated heterocycles. The Balaban J connectivity index is 2.91. The minimum atomic E-state index is 0.475. The van der Waals surface area contributed by atoms with Gasteiger partial charge in [0.15, 0.2) is 0 Å². The Hall–Kier alpha value is -1.02. The summed E-state index contributed by atoms with van der Waals surface area (Å²) in [5.74, 6) is 0. The monoisotopic (exact) mass is 178 g/mol. The highest BCUT2D eigenvalue weighted by atomic mass is 15.1. The van der Waals surface area contributed by atoms with E-state index in [4.69, 9.17) is 5.73 Å². The first-order chi connectivity index (χ1) is 6.15. The summed E-state index contributed by atoms with van der Waals surface area (Å²) in [5.41, 5.74) is 7.88. The smallest absolute Gasteiger partial charge is 0.0340 e. The molecule has 1 unspecified atom stereocenters. The second-order valence-corrected chi connectivity index (χ2v) is 3.56. The minimum absolute atomic E-state index is 0.475. The van der Waals surface area contributed by atoms with Crippen LogP contribution in [-0.4, -0.2) is 19.0 Å². The average molecular weight is 178 g/mol. The molecule has 1 aromatic rings. The second-order valence-electron chi connectivity index (χ2n) is 3.56. The van der Waals surface area contributed by atoms with Crippen molar-refractivity contribution in [3.63, 3.8) is 0 Å².